The number of anilines is 1. The first kappa shape index (κ1) is 20.4. The predicted octanol–water partition coefficient (Wildman–Crippen LogP) is 3.45. The van der Waals surface area contributed by atoms with Gasteiger partial charge in [-0.15, -0.1) is 0 Å². The lowest BCUT2D eigenvalue weighted by atomic mass is 10.1. The Morgan fingerprint density at radius 1 is 1.18 bits per heavy atom. The fourth-order valence-electron chi connectivity index (χ4n) is 4.71. The number of H-pyrrole nitrogens is 1. The van der Waals surface area contributed by atoms with Gasteiger partial charge in [0, 0.05) is 18.9 Å². The summed E-state index contributed by atoms with van der Waals surface area (Å²) in [5.41, 5.74) is 1.22. The molecular formula is C23H18ClN7O3. The van der Waals surface area contributed by atoms with Crippen molar-refractivity contribution in [3.05, 3.63) is 81.9 Å². The van der Waals surface area contributed by atoms with E-state index in [9.17, 15) is 14.7 Å². The van der Waals surface area contributed by atoms with Crippen LogP contribution in [0.1, 0.15) is 35.1 Å². The molecule has 5 aromatic rings. The highest BCUT2D eigenvalue weighted by molar-refractivity contribution is 6.33. The maximum absolute atomic E-state index is 13.6. The fraction of sp³-hybridized carbons (Fsp3) is 0.174. The van der Waals surface area contributed by atoms with Gasteiger partial charge in [-0.05, 0) is 31.0 Å². The van der Waals surface area contributed by atoms with Gasteiger partial charge in [0.05, 0.1) is 27.7 Å². The number of carboxylic acids is 1. The van der Waals surface area contributed by atoms with Gasteiger partial charge in [0.2, 0.25) is 0 Å². The maximum Gasteiger partial charge on any atom is 0.338 e. The van der Waals surface area contributed by atoms with Crippen molar-refractivity contribution in [3.63, 3.8) is 0 Å². The zero-order valence-corrected chi connectivity index (χ0v) is 18.5. The molecule has 0 aliphatic carbocycles. The number of fused-ring (bicyclic) bond motifs is 2. The number of aromatic nitrogens is 6. The number of halogens is 1. The number of aromatic amines is 1. The molecule has 0 bridgehead atoms. The van der Waals surface area contributed by atoms with Crippen LogP contribution in [0.2, 0.25) is 5.02 Å². The molecule has 0 spiro atoms. The summed E-state index contributed by atoms with van der Waals surface area (Å²) in [6.45, 7) is 0.621. The largest absolute Gasteiger partial charge is 0.478 e. The average molecular weight is 476 g/mol. The van der Waals surface area contributed by atoms with Gasteiger partial charge >= 0.3 is 5.97 Å². The van der Waals surface area contributed by atoms with Crippen LogP contribution in [0.5, 0.6) is 0 Å². The van der Waals surface area contributed by atoms with Gasteiger partial charge in [-0.2, -0.15) is 5.10 Å². The van der Waals surface area contributed by atoms with Crippen molar-refractivity contribution in [1.82, 2.24) is 29.1 Å². The zero-order valence-electron chi connectivity index (χ0n) is 17.7. The first-order valence-corrected chi connectivity index (χ1v) is 11.1. The predicted molar refractivity (Wildman–Crippen MR) is 126 cm³/mol. The quantitative estimate of drug-likeness (QED) is 0.408. The van der Waals surface area contributed by atoms with Gasteiger partial charge in [0.25, 0.3) is 5.56 Å². The number of carbonyl (C=O) groups is 1. The topological polar surface area (TPSA) is 121 Å². The summed E-state index contributed by atoms with van der Waals surface area (Å²) in [6.07, 6.45) is 6.01. The number of para-hydroxylation sites is 1. The molecule has 1 aliphatic heterocycles. The highest BCUT2D eigenvalue weighted by atomic mass is 35.5. The minimum atomic E-state index is -1.07. The number of aromatic carboxylic acids is 1. The van der Waals surface area contributed by atoms with Gasteiger partial charge in [-0.1, -0.05) is 29.8 Å². The Labute approximate surface area is 197 Å². The molecular weight excluding hydrogens is 458 g/mol. The Balaban J connectivity index is 1.60. The second-order valence-corrected chi connectivity index (χ2v) is 8.48. The van der Waals surface area contributed by atoms with Crippen molar-refractivity contribution in [3.8, 4) is 5.69 Å². The molecule has 10 nitrogen and oxygen atoms in total. The summed E-state index contributed by atoms with van der Waals surface area (Å²) < 4.78 is 3.09. The third-order valence-corrected chi connectivity index (χ3v) is 6.48. The van der Waals surface area contributed by atoms with Crippen molar-refractivity contribution in [1.29, 1.82) is 0 Å². The minimum absolute atomic E-state index is 0.0947. The lowest BCUT2D eigenvalue weighted by molar-refractivity contribution is 0.0699. The van der Waals surface area contributed by atoms with E-state index in [4.69, 9.17) is 16.7 Å². The number of hydrogen-bond donors (Lipinski definition) is 2. The molecule has 1 unspecified atom stereocenters. The maximum atomic E-state index is 13.6. The summed E-state index contributed by atoms with van der Waals surface area (Å²) in [4.78, 5) is 39.1. The van der Waals surface area contributed by atoms with Crippen LogP contribution < -0.4 is 10.5 Å². The molecule has 1 aliphatic rings. The summed E-state index contributed by atoms with van der Waals surface area (Å²) in [7, 11) is 0. The molecule has 4 aromatic heterocycles. The first-order valence-electron chi connectivity index (χ1n) is 10.7. The van der Waals surface area contributed by atoms with E-state index in [0.717, 1.165) is 6.42 Å². The van der Waals surface area contributed by atoms with Crippen molar-refractivity contribution in [2.24, 2.45) is 0 Å². The van der Waals surface area contributed by atoms with E-state index >= 15 is 0 Å². The second-order valence-electron chi connectivity index (χ2n) is 8.07. The van der Waals surface area contributed by atoms with Crippen molar-refractivity contribution < 1.29 is 9.90 Å². The SMILES string of the molecule is O=C(O)c1c[nH]c2ncnc(N3CCCC3c3nn4ccc(Cl)c4c(=O)n3-c3ccccc3)c12. The third kappa shape index (κ3) is 2.99. The fourth-order valence-corrected chi connectivity index (χ4v) is 4.94. The second kappa shape index (κ2) is 7.70. The van der Waals surface area contributed by atoms with E-state index in [2.05, 4.69) is 15.0 Å². The lowest BCUT2D eigenvalue weighted by Crippen LogP contribution is -2.33. The van der Waals surface area contributed by atoms with Crippen LogP contribution in [-0.4, -0.2) is 46.8 Å². The molecule has 0 amide bonds. The molecule has 1 fully saturated rings. The lowest BCUT2D eigenvalue weighted by Gasteiger charge is -2.27. The Morgan fingerprint density at radius 3 is 2.79 bits per heavy atom. The van der Waals surface area contributed by atoms with Gasteiger partial charge in [0.1, 0.15) is 23.3 Å². The molecule has 0 radical (unpaired) electrons. The number of carboxylic acid groups (broad SMARTS) is 1. The van der Waals surface area contributed by atoms with Crippen LogP contribution in [-0.2, 0) is 0 Å². The standard InChI is InChI=1S/C23H18ClN7O3/c24-15-8-10-30-18(15)22(32)31(13-5-2-1-3-6-13)20(28-30)16-7-4-9-29(16)21-17-14(23(33)34)11-25-19(17)26-12-27-21/h1-3,5-6,8,10-12,16H,4,7,9H2,(H,33,34)(H,25,26,27). The van der Waals surface area contributed by atoms with Crippen LogP contribution in [0.25, 0.3) is 22.2 Å². The van der Waals surface area contributed by atoms with Crippen LogP contribution >= 0.6 is 11.6 Å². The minimum Gasteiger partial charge on any atom is -0.478 e. The summed E-state index contributed by atoms with van der Waals surface area (Å²) >= 11 is 6.31. The van der Waals surface area contributed by atoms with E-state index < -0.39 is 5.97 Å². The summed E-state index contributed by atoms with van der Waals surface area (Å²) in [5, 5.41) is 15.3. The number of hydrogen-bond acceptors (Lipinski definition) is 6. The average Bonchev–Trinajstić information content (AvgIpc) is 3.57. The van der Waals surface area contributed by atoms with Gasteiger partial charge in [-0.3, -0.25) is 9.36 Å². The van der Waals surface area contributed by atoms with E-state index in [-0.39, 0.29) is 17.2 Å². The molecule has 0 saturated carbocycles. The molecule has 11 heteroatoms. The molecule has 1 saturated heterocycles. The number of nitrogens with zero attached hydrogens (tertiary/aromatic N) is 6. The smallest absolute Gasteiger partial charge is 0.338 e. The highest BCUT2D eigenvalue weighted by Gasteiger charge is 2.34. The van der Waals surface area contributed by atoms with E-state index in [1.54, 1.807) is 16.8 Å². The summed E-state index contributed by atoms with van der Waals surface area (Å²) in [6, 6.07) is 10.6. The van der Waals surface area contributed by atoms with E-state index in [0.29, 0.717) is 51.9 Å². The molecule has 5 heterocycles. The van der Waals surface area contributed by atoms with Crippen LogP contribution in [0.4, 0.5) is 5.82 Å². The Hall–Kier alpha value is -4.18. The van der Waals surface area contributed by atoms with E-state index in [1.165, 1.54) is 17.0 Å². The van der Waals surface area contributed by atoms with Gasteiger partial charge < -0.3 is 15.0 Å². The molecule has 1 aromatic carbocycles. The van der Waals surface area contributed by atoms with Crippen LogP contribution in [0.15, 0.2) is 59.9 Å². The van der Waals surface area contributed by atoms with Crippen LogP contribution in [0.3, 0.4) is 0 Å². The van der Waals surface area contributed by atoms with Crippen LogP contribution in [0, 0.1) is 0 Å². The van der Waals surface area contributed by atoms with Crippen molar-refractivity contribution in [2.45, 2.75) is 18.9 Å². The van der Waals surface area contributed by atoms with Gasteiger partial charge in [0.15, 0.2) is 5.82 Å². The zero-order chi connectivity index (χ0) is 23.4. The molecule has 1 atom stereocenters. The number of nitrogens with one attached hydrogen (secondary N) is 1. The number of benzene rings is 1. The number of rotatable bonds is 4. The normalized spacial score (nSPS) is 16.0. The molecule has 2 N–H and O–H groups in total. The Morgan fingerprint density at radius 2 is 2.00 bits per heavy atom. The van der Waals surface area contributed by atoms with Crippen molar-refractivity contribution >= 4 is 39.9 Å². The van der Waals surface area contributed by atoms with Crippen molar-refractivity contribution in [2.75, 3.05) is 11.4 Å². The summed E-state index contributed by atoms with van der Waals surface area (Å²) in [5.74, 6) is -0.0564. The Kier molecular flexibility index (Phi) is 4.63. The van der Waals surface area contributed by atoms with E-state index in [1.807, 2.05) is 35.2 Å². The third-order valence-electron chi connectivity index (χ3n) is 6.18. The van der Waals surface area contributed by atoms with Gasteiger partial charge in [-0.25, -0.2) is 19.3 Å². The Bertz CT molecular complexity index is 1620. The molecule has 6 rings (SSSR count). The molecule has 34 heavy (non-hydrogen) atoms. The highest BCUT2D eigenvalue weighted by Crippen LogP contribution is 2.38. The molecule has 170 valence electrons. The monoisotopic (exact) mass is 475 g/mol. The first-order chi connectivity index (χ1) is 16.5.